The molecule has 20 heavy (non-hydrogen) atoms. The van der Waals surface area contributed by atoms with Crippen LogP contribution in [-0.4, -0.2) is 38.9 Å². The molecule has 0 aliphatic carbocycles. The third-order valence-electron chi connectivity index (χ3n) is 3.78. The fourth-order valence-electron chi connectivity index (χ4n) is 2.68. The molecule has 1 aliphatic rings. The van der Waals surface area contributed by atoms with Gasteiger partial charge in [0.25, 0.3) is 5.91 Å². The number of nitrogens with zero attached hydrogens (tertiary/aromatic N) is 4. The number of amides is 1. The van der Waals surface area contributed by atoms with Gasteiger partial charge in [0.15, 0.2) is 0 Å². The molecule has 0 unspecified atom stereocenters. The maximum Gasteiger partial charge on any atom is 0.253 e. The van der Waals surface area contributed by atoms with Crippen LogP contribution in [0, 0.1) is 6.92 Å². The summed E-state index contributed by atoms with van der Waals surface area (Å²) in [6.45, 7) is 3.53. The Labute approximate surface area is 118 Å². The third kappa shape index (κ3) is 2.57. The van der Waals surface area contributed by atoms with Crippen LogP contribution in [0.15, 0.2) is 36.7 Å². The number of aromatic nitrogens is 3. The zero-order valence-electron chi connectivity index (χ0n) is 11.6. The van der Waals surface area contributed by atoms with E-state index in [2.05, 4.69) is 10.2 Å². The first-order valence-electron chi connectivity index (χ1n) is 6.96. The maximum atomic E-state index is 12.4. The molecule has 1 fully saturated rings. The van der Waals surface area contributed by atoms with Crippen LogP contribution in [0.5, 0.6) is 0 Å². The van der Waals surface area contributed by atoms with Gasteiger partial charge in [-0.1, -0.05) is 17.7 Å². The van der Waals surface area contributed by atoms with Gasteiger partial charge in [-0.05, 0) is 31.9 Å². The predicted molar refractivity (Wildman–Crippen MR) is 75.4 cm³/mol. The van der Waals surface area contributed by atoms with Crippen molar-refractivity contribution in [2.24, 2.45) is 0 Å². The summed E-state index contributed by atoms with van der Waals surface area (Å²) in [5.74, 6) is 0.126. The molecule has 2 aromatic rings. The summed E-state index contributed by atoms with van der Waals surface area (Å²) in [5, 5.41) is 8.36. The van der Waals surface area contributed by atoms with Crippen molar-refractivity contribution in [3.63, 3.8) is 0 Å². The van der Waals surface area contributed by atoms with Gasteiger partial charge in [-0.25, -0.2) is 0 Å². The van der Waals surface area contributed by atoms with Crippen LogP contribution >= 0.6 is 0 Å². The van der Waals surface area contributed by atoms with Crippen LogP contribution in [0.3, 0.4) is 0 Å². The average Bonchev–Trinajstić information content (AvgIpc) is 3.01. The molecule has 0 saturated carbocycles. The molecule has 1 aliphatic heterocycles. The zero-order valence-corrected chi connectivity index (χ0v) is 11.6. The average molecular weight is 270 g/mol. The minimum Gasteiger partial charge on any atom is -0.338 e. The predicted octanol–water partition coefficient (Wildman–Crippen LogP) is 2.06. The van der Waals surface area contributed by atoms with E-state index < -0.39 is 0 Å². The molecule has 1 saturated heterocycles. The summed E-state index contributed by atoms with van der Waals surface area (Å²) in [5.41, 5.74) is 1.90. The van der Waals surface area contributed by atoms with Crippen LogP contribution in [0.25, 0.3) is 0 Å². The number of hydrogen-bond donors (Lipinski definition) is 0. The van der Waals surface area contributed by atoms with E-state index in [0.29, 0.717) is 6.04 Å². The number of rotatable bonds is 2. The summed E-state index contributed by atoms with van der Waals surface area (Å²) in [4.78, 5) is 16.1. The smallest absolute Gasteiger partial charge is 0.253 e. The topological polar surface area (TPSA) is 51.0 Å². The molecule has 0 atom stereocenters. The number of hydrogen-bond acceptors (Lipinski definition) is 3. The largest absolute Gasteiger partial charge is 0.338 e. The number of carbonyl (C=O) groups is 1. The lowest BCUT2D eigenvalue weighted by Gasteiger charge is -2.31. The van der Waals surface area contributed by atoms with Gasteiger partial charge in [0.1, 0.15) is 0 Å². The molecule has 1 amide bonds. The van der Waals surface area contributed by atoms with Crippen LogP contribution in [-0.2, 0) is 0 Å². The van der Waals surface area contributed by atoms with Crippen LogP contribution in [0.4, 0.5) is 0 Å². The highest BCUT2D eigenvalue weighted by molar-refractivity contribution is 5.94. The Hall–Kier alpha value is -2.17. The van der Waals surface area contributed by atoms with Gasteiger partial charge in [-0.15, -0.1) is 0 Å². The standard InChI is InChI=1S/C15H18N4O/c1-12-3-2-4-13(11-12)15(20)18-9-5-14(6-10-18)19-16-7-8-17-19/h2-4,7-8,11,14H,5-6,9-10H2,1H3. The number of carbonyl (C=O) groups excluding carboxylic acids is 1. The van der Waals surface area contributed by atoms with Gasteiger partial charge in [0.2, 0.25) is 0 Å². The van der Waals surface area contributed by atoms with Gasteiger partial charge in [-0.2, -0.15) is 15.0 Å². The second kappa shape index (κ2) is 5.45. The van der Waals surface area contributed by atoms with E-state index in [1.807, 2.05) is 36.1 Å². The molecule has 1 aromatic heterocycles. The summed E-state index contributed by atoms with van der Waals surface area (Å²) in [6, 6.07) is 8.08. The molecule has 0 radical (unpaired) electrons. The van der Waals surface area contributed by atoms with E-state index in [4.69, 9.17) is 0 Å². The second-order valence-electron chi connectivity index (χ2n) is 5.24. The van der Waals surface area contributed by atoms with Gasteiger partial charge < -0.3 is 4.90 Å². The number of likely N-dealkylation sites (tertiary alicyclic amines) is 1. The molecule has 2 heterocycles. The van der Waals surface area contributed by atoms with Crippen LogP contribution in [0.2, 0.25) is 0 Å². The first kappa shape index (κ1) is 12.8. The first-order valence-corrected chi connectivity index (χ1v) is 6.96. The monoisotopic (exact) mass is 270 g/mol. The van der Waals surface area contributed by atoms with Crippen molar-refractivity contribution in [3.8, 4) is 0 Å². The van der Waals surface area contributed by atoms with E-state index in [9.17, 15) is 4.79 Å². The Morgan fingerprint density at radius 3 is 2.55 bits per heavy atom. The lowest BCUT2D eigenvalue weighted by atomic mass is 10.0. The van der Waals surface area contributed by atoms with Gasteiger partial charge in [0.05, 0.1) is 18.4 Å². The molecular weight excluding hydrogens is 252 g/mol. The van der Waals surface area contributed by atoms with E-state index in [0.717, 1.165) is 37.1 Å². The van der Waals surface area contributed by atoms with E-state index in [-0.39, 0.29) is 5.91 Å². The minimum absolute atomic E-state index is 0.126. The zero-order chi connectivity index (χ0) is 13.9. The summed E-state index contributed by atoms with van der Waals surface area (Å²) in [7, 11) is 0. The van der Waals surface area contributed by atoms with Crippen LogP contribution in [0.1, 0.15) is 34.8 Å². The van der Waals surface area contributed by atoms with Crippen LogP contribution < -0.4 is 0 Å². The van der Waals surface area contributed by atoms with Crippen molar-refractivity contribution < 1.29 is 4.79 Å². The second-order valence-corrected chi connectivity index (χ2v) is 5.24. The van der Waals surface area contributed by atoms with Crippen molar-refractivity contribution in [1.29, 1.82) is 0 Å². The van der Waals surface area contributed by atoms with E-state index in [1.165, 1.54) is 0 Å². The van der Waals surface area contributed by atoms with Crippen molar-refractivity contribution >= 4 is 5.91 Å². The fourth-order valence-corrected chi connectivity index (χ4v) is 2.68. The summed E-state index contributed by atoms with van der Waals surface area (Å²) < 4.78 is 0. The molecule has 1 aromatic carbocycles. The third-order valence-corrected chi connectivity index (χ3v) is 3.78. The highest BCUT2D eigenvalue weighted by Gasteiger charge is 2.25. The molecule has 5 nitrogen and oxygen atoms in total. The van der Waals surface area contributed by atoms with E-state index >= 15 is 0 Å². The van der Waals surface area contributed by atoms with Gasteiger partial charge in [-0.3, -0.25) is 4.79 Å². The highest BCUT2D eigenvalue weighted by Crippen LogP contribution is 2.22. The molecule has 0 N–H and O–H groups in total. The van der Waals surface area contributed by atoms with Crippen molar-refractivity contribution in [3.05, 3.63) is 47.8 Å². The molecular formula is C15H18N4O. The molecule has 5 heteroatoms. The first-order chi connectivity index (χ1) is 9.74. The van der Waals surface area contributed by atoms with Crippen molar-refractivity contribution in [1.82, 2.24) is 19.9 Å². The molecule has 0 spiro atoms. The lowest BCUT2D eigenvalue weighted by Crippen LogP contribution is -2.39. The Kier molecular flexibility index (Phi) is 3.50. The normalized spacial score (nSPS) is 16.4. The number of benzene rings is 1. The molecule has 104 valence electrons. The quantitative estimate of drug-likeness (QED) is 0.839. The lowest BCUT2D eigenvalue weighted by molar-refractivity contribution is 0.0683. The fraction of sp³-hybridized carbons (Fsp3) is 0.400. The van der Waals surface area contributed by atoms with Gasteiger partial charge in [0, 0.05) is 18.7 Å². The minimum atomic E-state index is 0.126. The summed E-state index contributed by atoms with van der Waals surface area (Å²) >= 11 is 0. The highest BCUT2D eigenvalue weighted by atomic mass is 16.2. The Balaban J connectivity index is 1.65. The van der Waals surface area contributed by atoms with E-state index in [1.54, 1.807) is 17.2 Å². The number of aryl methyl sites for hydroxylation is 1. The SMILES string of the molecule is Cc1cccc(C(=O)N2CCC(n3nccn3)CC2)c1. The van der Waals surface area contributed by atoms with Gasteiger partial charge >= 0.3 is 0 Å². The van der Waals surface area contributed by atoms with Crippen molar-refractivity contribution in [2.75, 3.05) is 13.1 Å². The number of piperidine rings is 1. The van der Waals surface area contributed by atoms with Crippen molar-refractivity contribution in [2.45, 2.75) is 25.8 Å². The molecule has 3 rings (SSSR count). The Bertz CT molecular complexity index is 586. The molecule has 0 bridgehead atoms. The summed E-state index contributed by atoms with van der Waals surface area (Å²) in [6.07, 6.45) is 5.22. The maximum absolute atomic E-state index is 12.4. The Morgan fingerprint density at radius 2 is 1.90 bits per heavy atom. The Morgan fingerprint density at radius 1 is 1.20 bits per heavy atom.